The molecular weight excluding hydrogens is 299 g/mol. The smallest absolute Gasteiger partial charge is 0.304 e. The van der Waals surface area contributed by atoms with Crippen LogP contribution in [0.3, 0.4) is 0 Å². The van der Waals surface area contributed by atoms with E-state index in [-0.39, 0.29) is 16.7 Å². The van der Waals surface area contributed by atoms with Crippen LogP contribution < -0.4 is 0 Å². The van der Waals surface area contributed by atoms with Crippen molar-refractivity contribution in [2.45, 2.75) is 16.4 Å². The van der Waals surface area contributed by atoms with Gasteiger partial charge >= 0.3 is 5.51 Å². The van der Waals surface area contributed by atoms with Gasteiger partial charge in [-0.3, -0.25) is 4.90 Å². The molecule has 1 aromatic rings. The molecule has 2 rings (SSSR count). The maximum atomic E-state index is 12.3. The Kier molecular flexibility index (Phi) is 5.14. The number of hydrogen-bond donors (Lipinski definition) is 0. The van der Waals surface area contributed by atoms with Crippen molar-refractivity contribution in [3.8, 4) is 6.07 Å². The molecule has 0 aromatic heterocycles. The molecule has 1 atom stereocenters. The lowest BCUT2D eigenvalue weighted by Gasteiger charge is -2.35. The number of alkyl halides is 3. The minimum Gasteiger partial charge on any atom is -0.304 e. The molecule has 0 radical (unpaired) electrons. The topological polar surface area (TPSA) is 30.3 Å². The van der Waals surface area contributed by atoms with Crippen molar-refractivity contribution in [1.82, 2.24) is 9.80 Å². The molecule has 0 bridgehead atoms. The third kappa shape index (κ3) is 4.63. The Balaban J connectivity index is 2.07. The van der Waals surface area contributed by atoms with E-state index in [0.29, 0.717) is 0 Å². The summed E-state index contributed by atoms with van der Waals surface area (Å²) in [6.07, 6.45) is 0. The van der Waals surface area contributed by atoms with Crippen LogP contribution >= 0.6 is 11.8 Å². The van der Waals surface area contributed by atoms with Crippen molar-refractivity contribution in [3.05, 3.63) is 29.8 Å². The Labute approximate surface area is 126 Å². The van der Waals surface area contributed by atoms with Crippen LogP contribution in [0.4, 0.5) is 13.2 Å². The number of hydrogen-bond acceptors (Lipinski definition) is 4. The van der Waals surface area contributed by atoms with Crippen molar-refractivity contribution in [2.24, 2.45) is 0 Å². The monoisotopic (exact) mass is 315 g/mol. The maximum Gasteiger partial charge on any atom is 0.446 e. The molecule has 0 amide bonds. The molecule has 3 nitrogen and oxygen atoms in total. The van der Waals surface area contributed by atoms with Crippen molar-refractivity contribution < 1.29 is 13.2 Å². The Hall–Kier alpha value is -1.23. The number of nitriles is 1. The number of rotatable bonds is 3. The van der Waals surface area contributed by atoms with Gasteiger partial charge in [-0.05, 0) is 36.5 Å². The van der Waals surface area contributed by atoms with E-state index in [9.17, 15) is 18.4 Å². The van der Waals surface area contributed by atoms with E-state index in [1.54, 1.807) is 12.1 Å². The van der Waals surface area contributed by atoms with Gasteiger partial charge in [-0.25, -0.2) is 0 Å². The molecule has 1 fully saturated rings. The number of likely N-dealkylation sites (N-methyl/N-ethyl adjacent to an activating group) is 1. The lowest BCUT2D eigenvalue weighted by molar-refractivity contribution is -0.0328. The van der Waals surface area contributed by atoms with Gasteiger partial charge in [0.15, 0.2) is 0 Å². The molecular formula is C14H16F3N3S. The van der Waals surface area contributed by atoms with Crippen molar-refractivity contribution >= 4 is 11.8 Å². The van der Waals surface area contributed by atoms with Gasteiger partial charge < -0.3 is 4.90 Å². The minimum atomic E-state index is -4.28. The largest absolute Gasteiger partial charge is 0.446 e. The summed E-state index contributed by atoms with van der Waals surface area (Å²) in [4.78, 5) is 4.39. The average molecular weight is 315 g/mol. The molecule has 1 aliphatic heterocycles. The minimum absolute atomic E-state index is 0.139. The van der Waals surface area contributed by atoms with Gasteiger partial charge in [0, 0.05) is 31.1 Å². The first kappa shape index (κ1) is 16.1. The van der Waals surface area contributed by atoms with E-state index >= 15 is 0 Å². The van der Waals surface area contributed by atoms with Crippen LogP contribution in [-0.4, -0.2) is 48.5 Å². The van der Waals surface area contributed by atoms with E-state index in [0.717, 1.165) is 31.7 Å². The van der Waals surface area contributed by atoms with E-state index in [4.69, 9.17) is 0 Å². The molecule has 0 aliphatic carbocycles. The van der Waals surface area contributed by atoms with Crippen LogP contribution in [0.5, 0.6) is 0 Å². The van der Waals surface area contributed by atoms with Gasteiger partial charge in [0.05, 0.1) is 6.07 Å². The third-order valence-electron chi connectivity index (χ3n) is 3.45. The average Bonchev–Trinajstić information content (AvgIpc) is 2.42. The Morgan fingerprint density at radius 3 is 2.19 bits per heavy atom. The van der Waals surface area contributed by atoms with Gasteiger partial charge in [-0.1, -0.05) is 12.1 Å². The van der Waals surface area contributed by atoms with Gasteiger partial charge in [0.1, 0.15) is 6.04 Å². The molecule has 1 heterocycles. The fraction of sp³-hybridized carbons (Fsp3) is 0.500. The van der Waals surface area contributed by atoms with Crippen molar-refractivity contribution in [2.75, 3.05) is 33.2 Å². The van der Waals surface area contributed by atoms with Crippen LogP contribution in [0.25, 0.3) is 0 Å². The SMILES string of the molecule is CN1CCN(C(C#N)c2ccc(SC(F)(F)F)cc2)CC1. The second kappa shape index (κ2) is 6.69. The first-order valence-corrected chi connectivity index (χ1v) is 7.38. The molecule has 114 valence electrons. The van der Waals surface area contributed by atoms with Crippen LogP contribution in [-0.2, 0) is 0 Å². The first-order chi connectivity index (χ1) is 9.89. The Morgan fingerprint density at radius 2 is 1.71 bits per heavy atom. The van der Waals surface area contributed by atoms with Crippen molar-refractivity contribution in [1.29, 1.82) is 5.26 Å². The van der Waals surface area contributed by atoms with Gasteiger partial charge in [-0.15, -0.1) is 0 Å². The Bertz CT molecular complexity index is 502. The number of benzene rings is 1. The standard InChI is InChI=1S/C14H16F3N3S/c1-19-6-8-20(9-7-19)13(10-18)11-2-4-12(5-3-11)21-14(15,16)17/h2-5,13H,6-9H2,1H3. The van der Waals surface area contributed by atoms with Crippen LogP contribution in [0.1, 0.15) is 11.6 Å². The van der Waals surface area contributed by atoms with E-state index in [1.807, 2.05) is 7.05 Å². The summed E-state index contributed by atoms with van der Waals surface area (Å²) in [5.41, 5.74) is -3.54. The number of halogens is 3. The normalized spacial score (nSPS) is 19.2. The molecule has 0 N–H and O–H groups in total. The zero-order valence-corrected chi connectivity index (χ0v) is 12.4. The summed E-state index contributed by atoms with van der Waals surface area (Å²) in [5.74, 6) is 0. The second-order valence-electron chi connectivity index (χ2n) is 4.99. The highest BCUT2D eigenvalue weighted by molar-refractivity contribution is 8.00. The highest BCUT2D eigenvalue weighted by Crippen LogP contribution is 2.37. The summed E-state index contributed by atoms with van der Waals surface area (Å²) in [7, 11) is 2.03. The fourth-order valence-corrected chi connectivity index (χ4v) is 2.84. The fourth-order valence-electron chi connectivity index (χ4n) is 2.30. The van der Waals surface area contributed by atoms with Crippen LogP contribution in [0.15, 0.2) is 29.2 Å². The summed E-state index contributed by atoms with van der Waals surface area (Å²) >= 11 is -0.139. The lowest BCUT2D eigenvalue weighted by atomic mass is 10.1. The highest BCUT2D eigenvalue weighted by atomic mass is 32.2. The molecule has 0 spiro atoms. The second-order valence-corrected chi connectivity index (χ2v) is 6.13. The molecule has 0 saturated carbocycles. The third-order valence-corrected chi connectivity index (χ3v) is 4.19. The predicted molar refractivity (Wildman–Crippen MR) is 75.8 cm³/mol. The van der Waals surface area contributed by atoms with Gasteiger partial charge in [-0.2, -0.15) is 18.4 Å². The van der Waals surface area contributed by atoms with Crippen molar-refractivity contribution in [3.63, 3.8) is 0 Å². The molecule has 1 aromatic carbocycles. The number of piperazine rings is 1. The molecule has 1 saturated heterocycles. The van der Waals surface area contributed by atoms with Gasteiger partial charge in [0.2, 0.25) is 0 Å². The molecule has 1 unspecified atom stereocenters. The quantitative estimate of drug-likeness (QED) is 0.802. The molecule has 21 heavy (non-hydrogen) atoms. The summed E-state index contributed by atoms with van der Waals surface area (Å²) in [5, 5.41) is 9.36. The Morgan fingerprint density at radius 1 is 1.14 bits per heavy atom. The first-order valence-electron chi connectivity index (χ1n) is 6.57. The lowest BCUT2D eigenvalue weighted by Crippen LogP contribution is -2.45. The van der Waals surface area contributed by atoms with E-state index < -0.39 is 11.6 Å². The van der Waals surface area contributed by atoms with Crippen LogP contribution in [0, 0.1) is 11.3 Å². The van der Waals surface area contributed by atoms with Gasteiger partial charge in [0.25, 0.3) is 0 Å². The molecule has 7 heteroatoms. The number of nitrogens with zero attached hydrogens (tertiary/aromatic N) is 3. The maximum absolute atomic E-state index is 12.3. The van der Waals surface area contributed by atoms with E-state index in [2.05, 4.69) is 15.9 Å². The summed E-state index contributed by atoms with van der Waals surface area (Å²) in [6, 6.07) is 7.92. The zero-order chi connectivity index (χ0) is 15.5. The van der Waals surface area contributed by atoms with E-state index in [1.165, 1.54) is 12.1 Å². The van der Waals surface area contributed by atoms with Crippen LogP contribution in [0.2, 0.25) is 0 Å². The summed E-state index contributed by atoms with van der Waals surface area (Å²) in [6.45, 7) is 3.35. The molecule has 1 aliphatic rings. The predicted octanol–water partition coefficient (Wildman–Crippen LogP) is 3.11. The zero-order valence-electron chi connectivity index (χ0n) is 11.6. The highest BCUT2D eigenvalue weighted by Gasteiger charge is 2.29. The summed E-state index contributed by atoms with van der Waals surface area (Å²) < 4.78 is 36.9. The number of thioether (sulfide) groups is 1.